The van der Waals surface area contributed by atoms with Crippen LogP contribution in [0.4, 0.5) is 60.0 Å². The monoisotopic (exact) mass is 1850 g/mol. The summed E-state index contributed by atoms with van der Waals surface area (Å²) in [5.74, 6) is -0.815. The van der Waals surface area contributed by atoms with Gasteiger partial charge in [0.05, 0.1) is 50.6 Å². The Balaban J connectivity index is 0.612. The fraction of sp³-hybridized carbons (Fsp3) is 0.134. The summed E-state index contributed by atoms with van der Waals surface area (Å²) < 4.78 is 64.3. The summed E-state index contributed by atoms with van der Waals surface area (Å²) in [7, 11) is 0. The fourth-order valence-corrected chi connectivity index (χ4v) is 24.9. The molecule has 0 bridgehead atoms. The average molecular weight is 1860 g/mol. The van der Waals surface area contributed by atoms with Gasteiger partial charge in [-0.3, -0.25) is 0 Å². The van der Waals surface area contributed by atoms with Crippen molar-refractivity contribution in [3.8, 4) is 33.4 Å². The van der Waals surface area contributed by atoms with Crippen molar-refractivity contribution in [3.63, 3.8) is 0 Å². The van der Waals surface area contributed by atoms with Crippen LogP contribution in [0.1, 0.15) is 148 Å². The molecule has 0 N–H and O–H groups in total. The molecule has 0 aliphatic heterocycles. The first-order valence-electron chi connectivity index (χ1n) is 49.8. The molecule has 27 rings (SSSR count). The summed E-state index contributed by atoms with van der Waals surface area (Å²) in [6.07, 6.45) is 0.693. The zero-order chi connectivity index (χ0) is 96.8. The lowest BCUT2D eigenvalue weighted by Crippen LogP contribution is -2.34. The van der Waals surface area contributed by atoms with Crippen LogP contribution in [0, 0.1) is 11.6 Å². The van der Waals surface area contributed by atoms with Crippen molar-refractivity contribution in [1.82, 2.24) is 0 Å². The number of hydrogen-bond acceptors (Lipinski definition) is 7. The Morgan fingerprint density at radius 3 is 1.17 bits per heavy atom. The van der Waals surface area contributed by atoms with Gasteiger partial charge in [0.15, 0.2) is 16.7 Å². The molecule has 0 fully saturated rings. The number of benzene rings is 20. The summed E-state index contributed by atoms with van der Waals surface area (Å²) in [6.45, 7) is 25.3. The van der Waals surface area contributed by atoms with Gasteiger partial charge in [-0.15, -0.1) is 0 Å². The van der Waals surface area contributed by atoms with Crippen molar-refractivity contribution in [2.75, 3.05) is 14.7 Å². The molecule has 20 aromatic carbocycles. The number of rotatable bonds is 14. The molecule has 1 spiro atoms. The van der Waals surface area contributed by atoms with Crippen molar-refractivity contribution in [2.24, 2.45) is 0 Å². The van der Waals surface area contributed by atoms with Gasteiger partial charge in [0.2, 0.25) is 0 Å². The van der Waals surface area contributed by atoms with Gasteiger partial charge in [0, 0.05) is 65.2 Å². The summed E-state index contributed by atoms with van der Waals surface area (Å²) in [5, 5.41) is 11.9. The first kappa shape index (κ1) is 85.6. The van der Waals surface area contributed by atoms with Crippen LogP contribution in [-0.2, 0) is 38.9 Å². The van der Waals surface area contributed by atoms with Gasteiger partial charge in [-0.1, -0.05) is 361 Å². The van der Waals surface area contributed by atoms with Crippen molar-refractivity contribution in [2.45, 2.75) is 115 Å². The van der Waals surface area contributed by atoms with Crippen LogP contribution in [0.3, 0.4) is 0 Å². The highest BCUT2D eigenvalue weighted by molar-refractivity contribution is 6.26. The highest BCUT2D eigenvalue weighted by Gasteiger charge is 2.53. The van der Waals surface area contributed by atoms with Gasteiger partial charge in [0.1, 0.15) is 39.5 Å². The molecule has 24 aromatic rings. The van der Waals surface area contributed by atoms with Gasteiger partial charge in [0.25, 0.3) is 0 Å². The third-order valence-electron chi connectivity index (χ3n) is 31.5. The molecule has 690 valence electrons. The summed E-state index contributed by atoms with van der Waals surface area (Å²) in [5.41, 5.74) is 31.3. The Hall–Kier alpha value is -16.6. The van der Waals surface area contributed by atoms with E-state index in [1.54, 1.807) is 18.2 Å². The Labute approximate surface area is 828 Å². The van der Waals surface area contributed by atoms with Gasteiger partial charge < -0.3 is 32.4 Å². The maximum absolute atomic E-state index is 18.0. The van der Waals surface area contributed by atoms with E-state index in [2.05, 4.69) is 395 Å². The molecule has 4 heterocycles. The predicted octanol–water partition coefficient (Wildman–Crippen LogP) is 37.4. The van der Waals surface area contributed by atoms with E-state index in [1.165, 1.54) is 61.5 Å². The normalized spacial score (nSPS) is 14.3. The zero-order valence-corrected chi connectivity index (χ0v) is 81.5. The number of nitrogens with zero attached hydrogens (tertiary/aromatic N) is 3. The molecule has 3 aliphatic carbocycles. The highest BCUT2D eigenvalue weighted by atomic mass is 19.1. The minimum absolute atomic E-state index is 0.0404. The first-order valence-corrected chi connectivity index (χ1v) is 49.8. The minimum Gasteiger partial charge on any atom is -0.456 e. The van der Waals surface area contributed by atoms with E-state index in [0.717, 1.165) is 160 Å². The number of hydrogen-bond donors (Lipinski definition) is 0. The Morgan fingerprint density at radius 2 is 0.622 bits per heavy atom. The number of para-hydroxylation sites is 7. The third kappa shape index (κ3) is 12.6. The van der Waals surface area contributed by atoms with Crippen molar-refractivity contribution in [1.29, 1.82) is 0 Å². The smallest absolute Gasteiger partial charge is 0.160 e. The Morgan fingerprint density at radius 1 is 0.231 bits per heavy atom. The maximum Gasteiger partial charge on any atom is 0.160 e. The molecule has 7 nitrogen and oxygen atoms in total. The second-order valence-corrected chi connectivity index (χ2v) is 43.2. The fourth-order valence-electron chi connectivity index (χ4n) is 24.9. The van der Waals surface area contributed by atoms with E-state index in [1.807, 2.05) is 71.6 Å². The predicted molar refractivity (Wildman–Crippen MR) is 587 cm³/mol. The second-order valence-electron chi connectivity index (χ2n) is 43.2. The maximum atomic E-state index is 18.0. The number of anilines is 9. The third-order valence-corrected chi connectivity index (χ3v) is 31.5. The second kappa shape index (κ2) is 31.2. The van der Waals surface area contributed by atoms with Crippen molar-refractivity contribution >= 4 is 160 Å². The van der Waals surface area contributed by atoms with Gasteiger partial charge in [-0.25, -0.2) is 8.78 Å². The van der Waals surface area contributed by atoms with Gasteiger partial charge >= 0.3 is 0 Å². The Kier molecular flexibility index (Phi) is 18.7. The molecule has 0 saturated carbocycles. The highest BCUT2D eigenvalue weighted by Crippen LogP contribution is 2.67. The van der Waals surface area contributed by atoms with Crippen LogP contribution in [-0.4, -0.2) is 0 Å². The van der Waals surface area contributed by atoms with E-state index in [9.17, 15) is 0 Å². The summed E-state index contributed by atoms with van der Waals surface area (Å²) in [6, 6.07) is 143. The van der Waals surface area contributed by atoms with Crippen LogP contribution in [0.15, 0.2) is 418 Å². The number of furan rings is 4. The van der Waals surface area contributed by atoms with Crippen LogP contribution in [0.25, 0.3) is 143 Å². The average Bonchev–Trinajstić information content (AvgIpc) is 1.60. The molecule has 1 unspecified atom stereocenters. The van der Waals surface area contributed by atoms with E-state index in [4.69, 9.17) is 17.7 Å². The van der Waals surface area contributed by atoms with Crippen LogP contribution >= 0.6 is 0 Å². The van der Waals surface area contributed by atoms with Crippen LogP contribution < -0.4 is 14.7 Å². The molecule has 0 radical (unpaired) electrons. The van der Waals surface area contributed by atoms with E-state index >= 15 is 8.78 Å². The molecule has 3 aliphatic rings. The molecular formula is C134H101F2N3O4. The largest absolute Gasteiger partial charge is 0.456 e. The van der Waals surface area contributed by atoms with E-state index in [0.29, 0.717) is 57.2 Å². The standard InChI is InChI=1S/C134H101F2N3O4/c1-129(2,3)80-53-57-84(58-54-80)133(102-41-26-37-93-108(72-69-97(120(93)102)122-104(133)71-75-119-124(122)95-33-15-24-50-116(95)140-119)137(86-65-61-81(62-66-86)130(4,5)6)87-67-63-82(64-68-87)131(7,8)9)85-59-55-83(56-60-85)132(10,11)78-79-52-74-118-99(76-79)92-36-29-47-112(127(92)142-118)138(110-45-21-19-43-106(110)135)109-73-70-98-121-94(109)38-27-42-103(121)134(100-39-17-12-30-88(100)89-31-13-18-40-101(89)134)105-77-114(128-125(123(98)105)96-34-16-25-51-117(96)143-128)139(111-46-22-20-44-107(111)136)113-48-28-35-91-90-32-14-23-49-115(90)141-126(91)113/h12-77H,78H2,1-11H3. The topological polar surface area (TPSA) is 62.3 Å². The number of fused-ring (bicyclic) bond motifs is 25. The molecule has 9 heteroatoms. The quantitative estimate of drug-likeness (QED) is 0.107. The van der Waals surface area contributed by atoms with Crippen molar-refractivity contribution in [3.05, 3.63) is 484 Å². The minimum atomic E-state index is -1.03. The lowest BCUT2D eigenvalue weighted by molar-refractivity contribution is 0.522. The summed E-state index contributed by atoms with van der Waals surface area (Å²) in [4.78, 5) is 6.56. The Bertz CT molecular complexity index is 9350. The zero-order valence-electron chi connectivity index (χ0n) is 81.5. The lowest BCUT2D eigenvalue weighted by Gasteiger charge is -2.43. The summed E-state index contributed by atoms with van der Waals surface area (Å²) >= 11 is 0. The first-order chi connectivity index (χ1) is 69.4. The van der Waals surface area contributed by atoms with E-state index in [-0.39, 0.29) is 16.2 Å². The van der Waals surface area contributed by atoms with Crippen molar-refractivity contribution < 1.29 is 26.4 Å². The number of halogens is 2. The molecule has 1 atom stereocenters. The van der Waals surface area contributed by atoms with E-state index < -0.39 is 27.9 Å². The molecule has 4 aromatic heterocycles. The van der Waals surface area contributed by atoms with Gasteiger partial charge in [-0.2, -0.15) is 0 Å². The van der Waals surface area contributed by atoms with Crippen LogP contribution in [0.2, 0.25) is 0 Å². The van der Waals surface area contributed by atoms with Gasteiger partial charge in [-0.05, 0) is 260 Å². The molecular weight excluding hydrogens is 1750 g/mol. The molecule has 143 heavy (non-hydrogen) atoms. The molecule has 0 amide bonds. The SMILES string of the molecule is CC(C)(C)c1ccc(N(c2ccc(C(C)(C)C)cc2)c2ccc3c4c(cccc24)C(c2ccc(C(C)(C)C)cc2)(c2ccc(C(C)(C)Cc4ccc5oc6c(N(c7ccccc7F)c7ccc8c9c(cccc79)C7(c9ccccc9-c9ccccc97)c7cc(N(c9ccccc9F)c9cccc%10c9oc9ccccc9%10)c9oc%10ccccc%10c9c7-8)cccc6c5c4)cc2)c2ccc4oc5ccccc5c4c2-3)cc1. The van der Waals surface area contributed by atoms with Crippen LogP contribution in [0.5, 0.6) is 0 Å². The molecule has 0 saturated heterocycles. The lowest BCUT2D eigenvalue weighted by atomic mass is 9.59.